The molecule has 21 heavy (non-hydrogen) atoms. The second-order valence-corrected chi connectivity index (χ2v) is 5.05. The first-order valence-electron chi connectivity index (χ1n) is 6.79. The molecule has 1 amide bonds. The number of amides is 1. The maximum absolute atomic E-state index is 13.0. The van der Waals surface area contributed by atoms with E-state index >= 15 is 0 Å². The second kappa shape index (κ2) is 6.99. The summed E-state index contributed by atoms with van der Waals surface area (Å²) in [6.45, 7) is 4.69. The van der Waals surface area contributed by atoms with Gasteiger partial charge >= 0.3 is 0 Å². The van der Waals surface area contributed by atoms with Gasteiger partial charge in [-0.25, -0.2) is 9.37 Å². The summed E-state index contributed by atoms with van der Waals surface area (Å²) in [6.07, 6.45) is 5.33. The third kappa shape index (κ3) is 4.68. The highest BCUT2D eigenvalue weighted by molar-refractivity contribution is 5.92. The third-order valence-electron chi connectivity index (χ3n) is 3.12. The third-order valence-corrected chi connectivity index (χ3v) is 3.12. The fourth-order valence-corrected chi connectivity index (χ4v) is 2.00. The fourth-order valence-electron chi connectivity index (χ4n) is 2.00. The van der Waals surface area contributed by atoms with Crippen molar-refractivity contribution in [3.05, 3.63) is 48.3 Å². The standard InChI is InChI=1S/C15H19FN4O/c1-11-7-13(16)3-4-14(11)19-15(21)8-18-12(2)9-20-6-5-17-10-20/h3-7,10,12,18H,8-9H2,1-2H3,(H,19,21)/t12-/m1/s1. The summed E-state index contributed by atoms with van der Waals surface area (Å²) in [5.41, 5.74) is 1.33. The minimum atomic E-state index is -0.308. The Balaban J connectivity index is 1.79. The number of hydrogen-bond donors (Lipinski definition) is 2. The number of imidazole rings is 1. The lowest BCUT2D eigenvalue weighted by Gasteiger charge is -2.14. The van der Waals surface area contributed by atoms with Crippen LogP contribution in [0.4, 0.5) is 10.1 Å². The summed E-state index contributed by atoms with van der Waals surface area (Å²) in [7, 11) is 0. The maximum Gasteiger partial charge on any atom is 0.238 e. The van der Waals surface area contributed by atoms with Crippen molar-refractivity contribution < 1.29 is 9.18 Å². The zero-order valence-corrected chi connectivity index (χ0v) is 12.1. The minimum Gasteiger partial charge on any atom is -0.336 e. The number of aryl methyl sites for hydroxylation is 1. The summed E-state index contributed by atoms with van der Waals surface area (Å²) in [5.74, 6) is -0.459. The average Bonchev–Trinajstić information content (AvgIpc) is 2.92. The molecule has 0 fully saturated rings. The molecule has 2 rings (SSSR count). The van der Waals surface area contributed by atoms with Gasteiger partial charge < -0.3 is 15.2 Å². The van der Waals surface area contributed by atoms with Gasteiger partial charge in [0.1, 0.15) is 5.82 Å². The summed E-state index contributed by atoms with van der Waals surface area (Å²) in [5, 5.41) is 5.90. The van der Waals surface area contributed by atoms with Crippen molar-refractivity contribution in [3.63, 3.8) is 0 Å². The van der Waals surface area contributed by atoms with Gasteiger partial charge in [-0.15, -0.1) is 0 Å². The van der Waals surface area contributed by atoms with E-state index in [0.29, 0.717) is 11.3 Å². The Bertz CT molecular complexity index is 598. The molecule has 0 spiro atoms. The molecule has 2 N–H and O–H groups in total. The SMILES string of the molecule is Cc1cc(F)ccc1NC(=O)CN[C@H](C)Cn1ccnc1. The van der Waals surface area contributed by atoms with E-state index in [-0.39, 0.29) is 24.3 Å². The van der Waals surface area contributed by atoms with Gasteiger partial charge in [0, 0.05) is 30.7 Å². The minimum absolute atomic E-state index is 0.138. The summed E-state index contributed by atoms with van der Waals surface area (Å²) in [6, 6.07) is 4.43. The van der Waals surface area contributed by atoms with Crippen molar-refractivity contribution in [2.45, 2.75) is 26.4 Å². The number of halogens is 1. The van der Waals surface area contributed by atoms with Crippen LogP contribution in [0.3, 0.4) is 0 Å². The topological polar surface area (TPSA) is 59.0 Å². The van der Waals surface area contributed by atoms with Crippen LogP contribution in [0, 0.1) is 12.7 Å². The highest BCUT2D eigenvalue weighted by Crippen LogP contribution is 2.15. The van der Waals surface area contributed by atoms with E-state index in [9.17, 15) is 9.18 Å². The molecule has 6 heteroatoms. The predicted octanol–water partition coefficient (Wildman–Crippen LogP) is 1.95. The van der Waals surface area contributed by atoms with Crippen molar-refractivity contribution >= 4 is 11.6 Å². The molecule has 1 aromatic carbocycles. The van der Waals surface area contributed by atoms with Crippen molar-refractivity contribution in [2.75, 3.05) is 11.9 Å². The van der Waals surface area contributed by atoms with E-state index in [1.165, 1.54) is 12.1 Å². The number of carbonyl (C=O) groups excluding carboxylic acids is 1. The van der Waals surface area contributed by atoms with E-state index in [1.54, 1.807) is 25.5 Å². The number of aromatic nitrogens is 2. The Kier molecular flexibility index (Phi) is 5.05. The van der Waals surface area contributed by atoms with Gasteiger partial charge in [-0.2, -0.15) is 0 Å². The Hall–Kier alpha value is -2.21. The average molecular weight is 290 g/mol. The molecule has 112 valence electrons. The molecule has 0 aliphatic rings. The monoisotopic (exact) mass is 290 g/mol. The number of benzene rings is 1. The van der Waals surface area contributed by atoms with Crippen molar-refractivity contribution in [1.82, 2.24) is 14.9 Å². The van der Waals surface area contributed by atoms with Crippen LogP contribution in [0.25, 0.3) is 0 Å². The van der Waals surface area contributed by atoms with Crippen LogP contribution >= 0.6 is 0 Å². The molecule has 0 saturated carbocycles. The van der Waals surface area contributed by atoms with Gasteiger partial charge in [0.2, 0.25) is 5.91 Å². The van der Waals surface area contributed by atoms with E-state index in [4.69, 9.17) is 0 Å². The molecule has 0 aliphatic heterocycles. The summed E-state index contributed by atoms with van der Waals surface area (Å²) < 4.78 is 14.9. The van der Waals surface area contributed by atoms with Gasteiger partial charge in [-0.3, -0.25) is 4.79 Å². The van der Waals surface area contributed by atoms with Crippen molar-refractivity contribution in [1.29, 1.82) is 0 Å². The zero-order valence-electron chi connectivity index (χ0n) is 12.1. The lowest BCUT2D eigenvalue weighted by Crippen LogP contribution is -2.36. The van der Waals surface area contributed by atoms with Crippen LogP contribution in [-0.2, 0) is 11.3 Å². The van der Waals surface area contributed by atoms with E-state index in [0.717, 1.165) is 6.54 Å². The van der Waals surface area contributed by atoms with E-state index in [1.807, 2.05) is 17.7 Å². The van der Waals surface area contributed by atoms with E-state index in [2.05, 4.69) is 15.6 Å². The van der Waals surface area contributed by atoms with Crippen LogP contribution in [0.2, 0.25) is 0 Å². The maximum atomic E-state index is 13.0. The summed E-state index contributed by atoms with van der Waals surface area (Å²) >= 11 is 0. The Morgan fingerprint density at radius 2 is 2.29 bits per heavy atom. The molecule has 1 aromatic heterocycles. The molecule has 0 saturated heterocycles. The normalized spacial score (nSPS) is 12.1. The zero-order chi connectivity index (χ0) is 15.2. The van der Waals surface area contributed by atoms with Gasteiger partial charge in [0.05, 0.1) is 12.9 Å². The van der Waals surface area contributed by atoms with Crippen LogP contribution in [0.15, 0.2) is 36.9 Å². The van der Waals surface area contributed by atoms with Gasteiger partial charge in [-0.05, 0) is 37.6 Å². The first kappa shape index (κ1) is 15.2. The molecular formula is C15H19FN4O. The van der Waals surface area contributed by atoms with Crippen LogP contribution < -0.4 is 10.6 Å². The van der Waals surface area contributed by atoms with Crippen molar-refractivity contribution in [3.8, 4) is 0 Å². The predicted molar refractivity (Wildman–Crippen MR) is 79.5 cm³/mol. The first-order valence-corrected chi connectivity index (χ1v) is 6.79. The number of nitrogens with zero attached hydrogens (tertiary/aromatic N) is 2. The van der Waals surface area contributed by atoms with Crippen molar-refractivity contribution in [2.24, 2.45) is 0 Å². The molecule has 0 radical (unpaired) electrons. The van der Waals surface area contributed by atoms with Gasteiger partial charge in [0.25, 0.3) is 0 Å². The number of carbonyl (C=O) groups is 1. The van der Waals surface area contributed by atoms with E-state index < -0.39 is 0 Å². The Morgan fingerprint density at radius 3 is 2.95 bits per heavy atom. The highest BCUT2D eigenvalue weighted by atomic mass is 19.1. The van der Waals surface area contributed by atoms with Crippen LogP contribution in [0.5, 0.6) is 0 Å². The lowest BCUT2D eigenvalue weighted by atomic mass is 10.2. The molecule has 0 bridgehead atoms. The number of rotatable bonds is 6. The molecule has 0 unspecified atom stereocenters. The Morgan fingerprint density at radius 1 is 1.48 bits per heavy atom. The Labute approximate surface area is 123 Å². The van der Waals surface area contributed by atoms with Crippen LogP contribution in [-0.4, -0.2) is 28.0 Å². The molecular weight excluding hydrogens is 271 g/mol. The molecule has 1 atom stereocenters. The molecule has 5 nitrogen and oxygen atoms in total. The highest BCUT2D eigenvalue weighted by Gasteiger charge is 2.08. The fraction of sp³-hybridized carbons (Fsp3) is 0.333. The largest absolute Gasteiger partial charge is 0.336 e. The second-order valence-electron chi connectivity index (χ2n) is 5.05. The lowest BCUT2D eigenvalue weighted by molar-refractivity contribution is -0.115. The summed E-state index contributed by atoms with van der Waals surface area (Å²) in [4.78, 5) is 15.8. The quantitative estimate of drug-likeness (QED) is 0.855. The molecule has 2 aromatic rings. The number of anilines is 1. The molecule has 1 heterocycles. The number of nitrogens with one attached hydrogen (secondary N) is 2. The van der Waals surface area contributed by atoms with Crippen LogP contribution in [0.1, 0.15) is 12.5 Å². The van der Waals surface area contributed by atoms with Gasteiger partial charge in [0.15, 0.2) is 0 Å². The number of hydrogen-bond acceptors (Lipinski definition) is 3. The first-order chi connectivity index (χ1) is 10.0. The smallest absolute Gasteiger partial charge is 0.238 e. The molecule has 0 aliphatic carbocycles. The van der Waals surface area contributed by atoms with Gasteiger partial charge in [-0.1, -0.05) is 0 Å².